The van der Waals surface area contributed by atoms with E-state index >= 15 is 9.59 Å². The molecule has 2 N–H and O–H groups in total. The van der Waals surface area contributed by atoms with E-state index in [2.05, 4.69) is 44.5 Å². The summed E-state index contributed by atoms with van der Waals surface area (Å²) in [6, 6.07) is 12.6. The first kappa shape index (κ1) is 61.6. The Morgan fingerprint density at radius 3 is 2.42 bits per heavy atom. The summed E-state index contributed by atoms with van der Waals surface area (Å²) in [6.45, 7) is 14.3. The van der Waals surface area contributed by atoms with E-state index in [1.807, 2.05) is 44.9 Å². The number of hydrogen-bond donors (Lipinski definition) is 2. The van der Waals surface area contributed by atoms with Crippen LogP contribution in [0.2, 0.25) is 0 Å². The summed E-state index contributed by atoms with van der Waals surface area (Å²) < 4.78 is 58.2. The average molecular weight is 1170 g/mol. The molecule has 4 aromatic rings. The minimum atomic E-state index is -4.64. The molecule has 17 nitrogen and oxygen atoms in total. The highest BCUT2D eigenvalue weighted by Gasteiger charge is 2.49. The molecule has 6 bridgehead atoms. The molecule has 1 spiro atoms. The van der Waals surface area contributed by atoms with E-state index < -0.39 is 69.3 Å². The number of carbonyl (C=O) groups excluding carboxylic acids is 5. The lowest BCUT2D eigenvalue weighted by molar-refractivity contribution is -0.152. The number of piperazine rings is 1. The molecule has 5 amide bonds. The quantitative estimate of drug-likeness (QED) is 0.0656. The Labute approximate surface area is 485 Å². The number of amides is 5. The maximum Gasteiger partial charge on any atom is 0.406 e. The zero-order valence-corrected chi connectivity index (χ0v) is 50.7. The highest BCUT2D eigenvalue weighted by molar-refractivity contribution is 8.00. The van der Waals surface area contributed by atoms with Crippen LogP contribution in [0.1, 0.15) is 77.3 Å². The van der Waals surface area contributed by atoms with E-state index in [1.165, 1.54) is 39.4 Å². The van der Waals surface area contributed by atoms with Gasteiger partial charge >= 0.3 is 18.2 Å². The van der Waals surface area contributed by atoms with Crippen LogP contribution in [0.15, 0.2) is 67.4 Å². The van der Waals surface area contributed by atoms with Crippen LogP contribution in [-0.2, 0) is 53.3 Å². The molecule has 2 unspecified atom stereocenters. The lowest BCUT2D eigenvalue weighted by Gasteiger charge is -2.53. The number of benzene rings is 1. The lowest BCUT2D eigenvalue weighted by Crippen LogP contribution is -2.67. The molecule has 1 aromatic carbocycles. The van der Waals surface area contributed by atoms with Gasteiger partial charge in [-0.25, -0.2) is 10.2 Å². The highest BCUT2D eigenvalue weighted by Crippen LogP contribution is 2.44. The number of esters is 1. The van der Waals surface area contributed by atoms with Gasteiger partial charge in [-0.15, -0.1) is 23.5 Å². The minimum Gasteiger partial charge on any atom is -0.465 e. The molecule has 7 heterocycles. The van der Waals surface area contributed by atoms with Crippen molar-refractivity contribution in [3.63, 3.8) is 0 Å². The van der Waals surface area contributed by atoms with Crippen LogP contribution in [0, 0.1) is 17.3 Å². The topological polar surface area (TPSA) is 175 Å². The first-order valence-corrected chi connectivity index (χ1v) is 30.5. The Morgan fingerprint density at radius 2 is 1.77 bits per heavy atom. The molecule has 0 aliphatic carbocycles. The van der Waals surface area contributed by atoms with Gasteiger partial charge in [0, 0.05) is 105 Å². The molecular weight excluding hydrogens is 1100 g/mol. The van der Waals surface area contributed by atoms with Crippen molar-refractivity contribution in [3.05, 3.63) is 84.3 Å². The number of pyridine rings is 2. The summed E-state index contributed by atoms with van der Waals surface area (Å²) in [5.74, 6) is -2.80. The van der Waals surface area contributed by atoms with E-state index in [0.717, 1.165) is 11.8 Å². The monoisotopic (exact) mass is 1170 g/mol. The Bertz CT molecular complexity index is 3020. The van der Waals surface area contributed by atoms with Crippen molar-refractivity contribution in [1.82, 2.24) is 49.9 Å². The van der Waals surface area contributed by atoms with Gasteiger partial charge in [0.25, 0.3) is 5.91 Å². The third kappa shape index (κ3) is 12.9. The van der Waals surface area contributed by atoms with Gasteiger partial charge in [-0.3, -0.25) is 39.1 Å². The second-order valence-electron chi connectivity index (χ2n) is 23.2. The number of nitrogens with zero attached hydrogens (tertiary/aromatic N) is 8. The van der Waals surface area contributed by atoms with Crippen LogP contribution in [0.3, 0.4) is 0 Å². The number of methoxy groups -OCH3 is 1. The number of piperidine rings is 1. The number of urea groups is 1. The Kier molecular flexibility index (Phi) is 18.6. The van der Waals surface area contributed by atoms with Gasteiger partial charge in [0.2, 0.25) is 11.8 Å². The van der Waals surface area contributed by atoms with Crippen LogP contribution in [0.4, 0.5) is 18.0 Å². The summed E-state index contributed by atoms with van der Waals surface area (Å²) in [5, 5.41) is 3.33. The van der Waals surface area contributed by atoms with Crippen molar-refractivity contribution in [3.8, 4) is 22.5 Å². The zero-order chi connectivity index (χ0) is 59.0. The van der Waals surface area contributed by atoms with Gasteiger partial charge < -0.3 is 34.1 Å². The molecule has 437 valence electrons. The molecule has 3 radical (unpaired) electrons. The lowest BCUT2D eigenvalue weighted by atomic mass is 9.83. The van der Waals surface area contributed by atoms with Crippen LogP contribution in [-0.4, -0.2) is 187 Å². The number of halogens is 3. The standard InChI is InChI=1S/C58H76F3N10O7S2Si/c1-12-45(72)69-29-28-66(7)56(33-69)22-26-68(27-23-56)53(76)67(8)46(36(2)3)49(73)64-57(80-11)31-38-16-13-19-43(63-38)37-20-21-44-41(30-37)42(47(70(44)34-58(59,60)61)39-17-14-24-62-48(39)55(6,81)77-9)32-54(4,5)35-78-51(74)40-18-15-25-71(52(57)75)65-50(40)79-10/h12-14,16-17,19-21,24,30,36,40,46,50,65H,1,15,18,22-23,25-29,31-35H2,2-11H3,(H,64,73)/t40-,46+,50?,55-,57?/m1/s1. The molecule has 4 aliphatic heterocycles. The number of likely N-dealkylation sites (N-methyl/N-ethyl adjacent to an activating group) is 2. The largest absolute Gasteiger partial charge is 0.465 e. The predicted octanol–water partition coefficient (Wildman–Crippen LogP) is 7.46. The number of rotatable bonds is 11. The van der Waals surface area contributed by atoms with E-state index in [4.69, 9.17) is 14.5 Å². The van der Waals surface area contributed by atoms with E-state index in [1.54, 1.807) is 73.8 Å². The Hall–Kier alpha value is -5.46. The molecule has 8 rings (SSSR count). The third-order valence-corrected chi connectivity index (χ3v) is 19.2. The Morgan fingerprint density at radius 1 is 1.04 bits per heavy atom. The van der Waals surface area contributed by atoms with Crippen molar-refractivity contribution in [2.45, 2.75) is 113 Å². The first-order chi connectivity index (χ1) is 38.2. The van der Waals surface area contributed by atoms with Gasteiger partial charge in [0.1, 0.15) is 12.6 Å². The third-order valence-electron chi connectivity index (χ3n) is 16.7. The number of hydrogen-bond acceptors (Lipinski definition) is 13. The number of nitrogens with one attached hydrogen (secondary N) is 2. The smallest absolute Gasteiger partial charge is 0.406 e. The molecule has 4 aliphatic rings. The van der Waals surface area contributed by atoms with E-state index in [-0.39, 0.29) is 49.2 Å². The fraction of sp³-hybridized carbons (Fsp3) is 0.569. The number of aromatic nitrogens is 3. The summed E-state index contributed by atoms with van der Waals surface area (Å²) in [4.78, 5) is 88.0. The molecule has 0 saturated carbocycles. The summed E-state index contributed by atoms with van der Waals surface area (Å²) in [6.07, 6.45) is 3.86. The molecule has 3 saturated heterocycles. The fourth-order valence-corrected chi connectivity index (χ4v) is 13.9. The van der Waals surface area contributed by atoms with Gasteiger partial charge in [0.15, 0.2) is 4.87 Å². The van der Waals surface area contributed by atoms with Gasteiger partial charge in [-0.1, -0.05) is 46.4 Å². The summed E-state index contributed by atoms with van der Waals surface area (Å²) >= 11 is 2.47. The van der Waals surface area contributed by atoms with Crippen LogP contribution in [0.25, 0.3) is 33.4 Å². The minimum absolute atomic E-state index is 0.0863. The molecule has 81 heavy (non-hydrogen) atoms. The number of ether oxygens (including phenoxy) is 2. The van der Waals surface area contributed by atoms with Gasteiger partial charge in [-0.05, 0) is 113 Å². The number of fused-ring (bicyclic) bond motifs is 7. The number of carbonyl (C=O) groups is 5. The van der Waals surface area contributed by atoms with Crippen molar-refractivity contribution in [1.29, 1.82) is 0 Å². The van der Waals surface area contributed by atoms with E-state index in [9.17, 15) is 27.6 Å². The second kappa shape index (κ2) is 24.4. The first-order valence-electron chi connectivity index (χ1n) is 27.4. The number of thioether (sulfide) groups is 2. The Balaban J connectivity index is 1.21. The van der Waals surface area contributed by atoms with Crippen molar-refractivity contribution >= 4 is 74.4 Å². The molecule has 23 heteroatoms. The summed E-state index contributed by atoms with van der Waals surface area (Å²) in [5.41, 5.74) is 5.59. The predicted molar refractivity (Wildman–Crippen MR) is 311 cm³/mol. The second-order valence-corrected chi connectivity index (χ2v) is 26.3. The van der Waals surface area contributed by atoms with E-state index in [0.29, 0.717) is 103 Å². The fourth-order valence-electron chi connectivity index (χ4n) is 12.1. The maximum absolute atomic E-state index is 15.7. The molecule has 5 atom stereocenters. The number of alkyl halides is 3. The summed E-state index contributed by atoms with van der Waals surface area (Å²) in [7, 11) is 8.84. The van der Waals surface area contributed by atoms with Gasteiger partial charge in [-0.2, -0.15) is 13.2 Å². The number of hydrazine groups is 1. The zero-order valence-electron chi connectivity index (χ0n) is 48.1. The highest BCUT2D eigenvalue weighted by atomic mass is 32.2. The van der Waals surface area contributed by atoms with Crippen LogP contribution >= 0.6 is 23.5 Å². The van der Waals surface area contributed by atoms with Crippen LogP contribution < -0.4 is 10.7 Å². The number of likely N-dealkylation sites (tertiary alicyclic amines) is 1. The number of cyclic esters (lactones) is 1. The van der Waals surface area contributed by atoms with Crippen molar-refractivity contribution < 1.29 is 46.6 Å². The van der Waals surface area contributed by atoms with Crippen molar-refractivity contribution in [2.75, 3.05) is 79.6 Å². The average Bonchev–Trinajstić information content (AvgIpc) is 3.88. The SMILES string of the molecule is C=CC(=O)N1CCN(C)C2(CCN(C(=O)N(C)[C@H](C(=O)NC3(SC)Cc4cccc(n4)-c4ccc5c(c4)c(c(-c4cccnc4[C@@](C)([Si])OC)n5CC(F)(F)F)CC(C)(C)COC(=O)[C@@H]4CCCN(NC4SC)C3=O)C(C)C)CC2)C1. The molecule has 3 aromatic heterocycles. The molecule has 3 fully saturated rings. The molecular formula is C58H76F3N10O7S2Si. The normalized spacial score (nSPS) is 23.1. The van der Waals surface area contributed by atoms with Gasteiger partial charge in [0.05, 0.1) is 50.4 Å². The van der Waals surface area contributed by atoms with Crippen molar-refractivity contribution in [2.24, 2.45) is 17.3 Å². The maximum atomic E-state index is 15.7. The van der Waals surface area contributed by atoms with Crippen LogP contribution in [0.5, 0.6) is 0 Å².